The molecule has 0 spiro atoms. The van der Waals surface area contributed by atoms with Crippen molar-refractivity contribution in [1.29, 1.82) is 0 Å². The van der Waals surface area contributed by atoms with E-state index in [-0.39, 0.29) is 6.42 Å². The Morgan fingerprint density at radius 1 is 1.04 bits per heavy atom. The van der Waals surface area contributed by atoms with E-state index in [4.69, 9.17) is 14.2 Å². The second-order valence-electron chi connectivity index (χ2n) is 6.16. The summed E-state index contributed by atoms with van der Waals surface area (Å²) in [6.45, 7) is 2.07. The van der Waals surface area contributed by atoms with Crippen LogP contribution >= 0.6 is 0 Å². The molecule has 0 bridgehead atoms. The summed E-state index contributed by atoms with van der Waals surface area (Å²) in [5, 5.41) is 10.4. The molecule has 0 amide bonds. The zero-order valence-corrected chi connectivity index (χ0v) is 15.9. The van der Waals surface area contributed by atoms with Crippen LogP contribution in [0.5, 0.6) is 17.2 Å². The van der Waals surface area contributed by atoms with Gasteiger partial charge in [-0.05, 0) is 41.8 Å². The molecule has 2 aromatic carbocycles. The first kappa shape index (κ1) is 18.6. The average molecular weight is 369 g/mol. The summed E-state index contributed by atoms with van der Waals surface area (Å²) in [5.74, 6) is 0.609. The molecule has 0 aliphatic carbocycles. The van der Waals surface area contributed by atoms with Crippen LogP contribution in [0.1, 0.15) is 18.1 Å². The van der Waals surface area contributed by atoms with Crippen LogP contribution in [0.2, 0.25) is 0 Å². The molecule has 1 aromatic heterocycles. The Kier molecular flexibility index (Phi) is 5.26. The second kappa shape index (κ2) is 7.61. The maximum absolute atomic E-state index is 11.5. The van der Waals surface area contributed by atoms with Crippen LogP contribution in [0.25, 0.3) is 22.2 Å². The molecule has 0 saturated heterocycles. The van der Waals surface area contributed by atoms with E-state index < -0.39 is 5.97 Å². The van der Waals surface area contributed by atoms with Crippen molar-refractivity contribution < 1.29 is 24.1 Å². The first-order chi connectivity index (χ1) is 13.0. The van der Waals surface area contributed by atoms with Gasteiger partial charge < -0.3 is 24.3 Å². The Morgan fingerprint density at radius 2 is 1.78 bits per heavy atom. The molecule has 0 atom stereocenters. The zero-order chi connectivity index (χ0) is 19.6. The van der Waals surface area contributed by atoms with Gasteiger partial charge in [-0.25, -0.2) is 0 Å². The molecule has 0 radical (unpaired) electrons. The van der Waals surface area contributed by atoms with Gasteiger partial charge in [0.2, 0.25) is 5.75 Å². The molecule has 6 nitrogen and oxygen atoms in total. The highest BCUT2D eigenvalue weighted by Gasteiger charge is 2.23. The smallest absolute Gasteiger partial charge is 0.307 e. The van der Waals surface area contributed by atoms with Gasteiger partial charge in [0, 0.05) is 16.5 Å². The van der Waals surface area contributed by atoms with E-state index in [2.05, 4.69) is 11.9 Å². The summed E-state index contributed by atoms with van der Waals surface area (Å²) in [7, 11) is 4.65. The molecule has 1 heterocycles. The molecule has 0 aliphatic heterocycles. The van der Waals surface area contributed by atoms with Crippen LogP contribution in [-0.2, 0) is 17.6 Å². The molecule has 142 valence electrons. The molecule has 3 aromatic rings. The molecule has 0 fully saturated rings. The van der Waals surface area contributed by atoms with Crippen LogP contribution in [0.3, 0.4) is 0 Å². The fourth-order valence-corrected chi connectivity index (χ4v) is 3.38. The van der Waals surface area contributed by atoms with Gasteiger partial charge >= 0.3 is 5.97 Å². The number of benzene rings is 2. The maximum Gasteiger partial charge on any atom is 0.307 e. The minimum Gasteiger partial charge on any atom is -0.493 e. The van der Waals surface area contributed by atoms with Crippen molar-refractivity contribution in [2.75, 3.05) is 21.3 Å². The Balaban J connectivity index is 2.32. The lowest BCUT2D eigenvalue weighted by molar-refractivity contribution is -0.136. The number of carbonyl (C=O) groups is 1. The zero-order valence-electron chi connectivity index (χ0n) is 15.9. The first-order valence-corrected chi connectivity index (χ1v) is 8.68. The monoisotopic (exact) mass is 369 g/mol. The lowest BCUT2D eigenvalue weighted by Crippen LogP contribution is -2.02. The number of nitrogens with one attached hydrogen (secondary N) is 1. The molecule has 0 aliphatic rings. The number of aryl methyl sites for hydroxylation is 1. The molecule has 27 heavy (non-hydrogen) atoms. The Hall–Kier alpha value is -3.15. The summed E-state index contributed by atoms with van der Waals surface area (Å²) >= 11 is 0. The number of aromatic nitrogens is 1. The number of hydrogen-bond acceptors (Lipinski definition) is 4. The molecule has 6 heteroatoms. The lowest BCUT2D eigenvalue weighted by Gasteiger charge is -2.16. The number of rotatable bonds is 7. The minimum absolute atomic E-state index is 0.0972. The van der Waals surface area contributed by atoms with Crippen molar-refractivity contribution in [2.45, 2.75) is 19.8 Å². The Morgan fingerprint density at radius 3 is 2.37 bits per heavy atom. The van der Waals surface area contributed by atoms with Crippen LogP contribution in [-0.4, -0.2) is 37.4 Å². The number of ether oxygens (including phenoxy) is 3. The van der Waals surface area contributed by atoms with Gasteiger partial charge in [0.15, 0.2) is 11.5 Å². The van der Waals surface area contributed by atoms with Gasteiger partial charge in [-0.2, -0.15) is 0 Å². The van der Waals surface area contributed by atoms with Crippen molar-refractivity contribution >= 4 is 16.9 Å². The number of fused-ring (bicyclic) bond motifs is 1. The largest absolute Gasteiger partial charge is 0.493 e. The molecule has 3 rings (SSSR count). The van der Waals surface area contributed by atoms with E-state index in [0.717, 1.165) is 34.0 Å². The number of carboxylic acids is 1. The first-order valence-electron chi connectivity index (χ1n) is 8.68. The van der Waals surface area contributed by atoms with E-state index in [9.17, 15) is 9.90 Å². The van der Waals surface area contributed by atoms with Crippen molar-refractivity contribution in [3.05, 3.63) is 41.5 Å². The fraction of sp³-hybridized carbons (Fsp3) is 0.286. The summed E-state index contributed by atoms with van der Waals surface area (Å²) < 4.78 is 16.4. The van der Waals surface area contributed by atoms with Crippen molar-refractivity contribution in [2.24, 2.45) is 0 Å². The fourth-order valence-electron chi connectivity index (χ4n) is 3.38. The average Bonchev–Trinajstić information content (AvgIpc) is 3.03. The third kappa shape index (κ3) is 3.30. The number of H-pyrrole nitrogens is 1. The van der Waals surface area contributed by atoms with E-state index in [0.29, 0.717) is 22.9 Å². The standard InChI is InChI=1S/C21H23NO5/c1-5-12-6-8-16-14(10-12)15(11-18(23)24)19(22-16)13-7-9-17(25-2)21(27-4)20(13)26-3/h6-10,22H,5,11H2,1-4H3,(H,23,24). The number of methoxy groups -OCH3 is 3. The third-order valence-corrected chi connectivity index (χ3v) is 4.68. The van der Waals surface area contributed by atoms with E-state index in [1.54, 1.807) is 27.4 Å². The summed E-state index contributed by atoms with van der Waals surface area (Å²) in [5.41, 5.74) is 4.19. The summed E-state index contributed by atoms with van der Waals surface area (Å²) in [6.07, 6.45) is 0.780. The number of carboxylic acid groups (broad SMARTS) is 1. The van der Waals surface area contributed by atoms with Crippen molar-refractivity contribution in [1.82, 2.24) is 4.98 Å². The number of aliphatic carboxylic acids is 1. The highest BCUT2D eigenvalue weighted by molar-refractivity contribution is 5.95. The van der Waals surface area contributed by atoms with Gasteiger partial charge in [0.05, 0.1) is 33.4 Å². The van der Waals surface area contributed by atoms with Crippen molar-refractivity contribution in [3.8, 4) is 28.5 Å². The van der Waals surface area contributed by atoms with Crippen LogP contribution in [0.15, 0.2) is 30.3 Å². The van der Waals surface area contributed by atoms with Crippen LogP contribution in [0.4, 0.5) is 0 Å². The molecule has 2 N–H and O–H groups in total. The topological polar surface area (TPSA) is 80.8 Å². The van der Waals surface area contributed by atoms with Crippen LogP contribution in [0, 0.1) is 0 Å². The van der Waals surface area contributed by atoms with Gasteiger partial charge in [-0.15, -0.1) is 0 Å². The SMILES string of the molecule is CCc1ccc2[nH]c(-c3ccc(OC)c(OC)c3OC)c(CC(=O)O)c2c1. The maximum atomic E-state index is 11.5. The Labute approximate surface area is 157 Å². The van der Waals surface area contributed by atoms with E-state index >= 15 is 0 Å². The molecule has 0 unspecified atom stereocenters. The van der Waals surface area contributed by atoms with Crippen LogP contribution < -0.4 is 14.2 Å². The van der Waals surface area contributed by atoms with E-state index in [1.165, 1.54) is 0 Å². The van der Waals surface area contributed by atoms with Gasteiger partial charge in [-0.1, -0.05) is 13.0 Å². The van der Waals surface area contributed by atoms with Gasteiger partial charge in [-0.3, -0.25) is 4.79 Å². The molecular weight excluding hydrogens is 346 g/mol. The summed E-state index contributed by atoms with van der Waals surface area (Å²) in [4.78, 5) is 14.9. The summed E-state index contributed by atoms with van der Waals surface area (Å²) in [6, 6.07) is 9.69. The highest BCUT2D eigenvalue weighted by atomic mass is 16.5. The normalized spacial score (nSPS) is 10.8. The Bertz CT molecular complexity index is 990. The van der Waals surface area contributed by atoms with Crippen molar-refractivity contribution in [3.63, 3.8) is 0 Å². The quantitative estimate of drug-likeness (QED) is 0.657. The number of hydrogen-bond donors (Lipinski definition) is 2. The minimum atomic E-state index is -0.890. The second-order valence-corrected chi connectivity index (χ2v) is 6.16. The number of aromatic amines is 1. The molecular formula is C21H23NO5. The van der Waals surface area contributed by atoms with E-state index in [1.807, 2.05) is 24.3 Å². The molecule has 0 saturated carbocycles. The van der Waals surface area contributed by atoms with Gasteiger partial charge in [0.25, 0.3) is 0 Å². The lowest BCUT2D eigenvalue weighted by atomic mass is 10.00. The predicted octanol–water partition coefficient (Wildman–Crippen LogP) is 4.05. The van der Waals surface area contributed by atoms with Gasteiger partial charge in [0.1, 0.15) is 0 Å². The highest BCUT2D eigenvalue weighted by Crippen LogP contribution is 2.46. The predicted molar refractivity (Wildman–Crippen MR) is 104 cm³/mol. The third-order valence-electron chi connectivity index (χ3n) is 4.68.